The summed E-state index contributed by atoms with van der Waals surface area (Å²) < 4.78 is 12.8. The maximum Gasteiger partial charge on any atom is 0.247 e. The van der Waals surface area contributed by atoms with Gasteiger partial charge in [0.2, 0.25) is 11.8 Å². The van der Waals surface area contributed by atoms with Crippen LogP contribution in [0.1, 0.15) is 33.1 Å². The van der Waals surface area contributed by atoms with Crippen LogP contribution in [0.15, 0.2) is 35.9 Å². The van der Waals surface area contributed by atoms with Gasteiger partial charge in [-0.05, 0) is 53.6 Å². The Balaban J connectivity index is 1.92. The lowest BCUT2D eigenvalue weighted by molar-refractivity contribution is -0.144. The highest BCUT2D eigenvalue weighted by Gasteiger charge is 2.42. The van der Waals surface area contributed by atoms with E-state index in [9.17, 15) is 14.7 Å². The van der Waals surface area contributed by atoms with Crippen molar-refractivity contribution in [1.29, 1.82) is 0 Å². The molecular weight excluding hydrogens is 539 g/mol. The van der Waals surface area contributed by atoms with Crippen molar-refractivity contribution in [3.8, 4) is 5.75 Å². The molecule has 4 unspecified atom stereocenters. The molecule has 9 heteroatoms. The van der Waals surface area contributed by atoms with Crippen molar-refractivity contribution < 1.29 is 29.3 Å². The van der Waals surface area contributed by atoms with Crippen LogP contribution in [-0.2, 0) is 14.3 Å². The first-order chi connectivity index (χ1) is 15.8. The first-order valence-corrected chi connectivity index (χ1v) is 12.5. The molecule has 8 nitrogen and oxygen atoms in total. The van der Waals surface area contributed by atoms with E-state index in [0.717, 1.165) is 16.4 Å². The van der Waals surface area contributed by atoms with Crippen molar-refractivity contribution in [1.82, 2.24) is 10.2 Å². The summed E-state index contributed by atoms with van der Waals surface area (Å²) in [7, 11) is 0. The Morgan fingerprint density at radius 2 is 2.09 bits per heavy atom. The lowest BCUT2D eigenvalue weighted by atomic mass is 9.87. The largest absolute Gasteiger partial charge is 0.482 e. The molecule has 0 bridgehead atoms. The van der Waals surface area contributed by atoms with E-state index in [1.807, 2.05) is 32.0 Å². The molecule has 1 aliphatic carbocycles. The molecule has 2 aliphatic rings. The predicted octanol–water partition coefficient (Wildman–Crippen LogP) is 1.87. The number of hydrogen-bond donors (Lipinski definition) is 3. The van der Waals surface area contributed by atoms with Gasteiger partial charge in [0, 0.05) is 37.6 Å². The third-order valence-corrected chi connectivity index (χ3v) is 6.81. The molecule has 1 fully saturated rings. The average Bonchev–Trinajstić information content (AvgIpc) is 3.31. The van der Waals surface area contributed by atoms with E-state index in [-0.39, 0.29) is 43.4 Å². The number of rotatable bonds is 9. The second-order valence-electron chi connectivity index (χ2n) is 8.73. The quantitative estimate of drug-likeness (QED) is 0.390. The molecule has 1 saturated heterocycles. The van der Waals surface area contributed by atoms with Crippen molar-refractivity contribution >= 4 is 34.4 Å². The Hall–Kier alpha value is -1.69. The summed E-state index contributed by atoms with van der Waals surface area (Å²) in [4.78, 5) is 27.7. The van der Waals surface area contributed by atoms with Gasteiger partial charge in [-0.3, -0.25) is 9.59 Å². The van der Waals surface area contributed by atoms with Crippen molar-refractivity contribution in [2.45, 2.75) is 57.5 Å². The number of halogens is 1. The number of nitrogens with zero attached hydrogens (tertiary/aromatic N) is 1. The number of nitrogens with one attached hydrogen (secondary N) is 1. The normalized spacial score (nSPS) is 25.0. The highest BCUT2D eigenvalue weighted by Crippen LogP contribution is 2.31. The second kappa shape index (κ2) is 12.1. The van der Waals surface area contributed by atoms with E-state index in [1.54, 1.807) is 17.0 Å². The maximum absolute atomic E-state index is 13.2. The summed E-state index contributed by atoms with van der Waals surface area (Å²) in [5.74, 6) is -0.119. The van der Waals surface area contributed by atoms with E-state index < -0.39 is 18.2 Å². The van der Waals surface area contributed by atoms with Gasteiger partial charge in [0.05, 0.1) is 22.3 Å². The summed E-state index contributed by atoms with van der Waals surface area (Å²) in [5.41, 5.74) is 0.420. The van der Waals surface area contributed by atoms with Crippen LogP contribution in [0.3, 0.4) is 0 Å². The third kappa shape index (κ3) is 6.68. The van der Waals surface area contributed by atoms with Crippen LogP contribution >= 0.6 is 22.6 Å². The molecule has 3 rings (SSSR count). The molecule has 182 valence electrons. The fraction of sp³-hybridized carbons (Fsp3) is 0.583. The number of aliphatic hydroxyl groups excluding tert-OH is 2. The number of aliphatic hydroxyl groups is 2. The fourth-order valence-corrected chi connectivity index (χ4v) is 4.71. The zero-order valence-corrected chi connectivity index (χ0v) is 21.2. The molecule has 1 aromatic rings. The van der Waals surface area contributed by atoms with Crippen molar-refractivity contribution in [3.05, 3.63) is 39.5 Å². The van der Waals surface area contributed by atoms with Gasteiger partial charge in [-0.15, -0.1) is 0 Å². The van der Waals surface area contributed by atoms with E-state index in [0.29, 0.717) is 24.5 Å². The monoisotopic (exact) mass is 572 g/mol. The molecule has 0 aromatic heterocycles. The molecule has 4 atom stereocenters. The van der Waals surface area contributed by atoms with Crippen LogP contribution in [0.2, 0.25) is 0 Å². The average molecular weight is 572 g/mol. The standard InChI is InChI=1S/C24H33IN2O6/c1-15(2)24(31)27(14-17-6-5-11-32-17)19-12-16(23(30)26-9-10-28)13-21(22(19)29)33-20-8-4-3-7-18(20)25/h3-4,7-8,13,15,17,19,21-22,28-29H,5-6,9-12,14H2,1-2H3,(H,26,30). The minimum absolute atomic E-state index is 0.0908. The van der Waals surface area contributed by atoms with E-state index >= 15 is 0 Å². The Kier molecular flexibility index (Phi) is 9.54. The van der Waals surface area contributed by atoms with Crippen LogP contribution in [0.25, 0.3) is 0 Å². The van der Waals surface area contributed by atoms with Crippen LogP contribution in [-0.4, -0.2) is 77.6 Å². The number of ether oxygens (including phenoxy) is 2. The highest BCUT2D eigenvalue weighted by molar-refractivity contribution is 14.1. The summed E-state index contributed by atoms with van der Waals surface area (Å²) >= 11 is 2.16. The summed E-state index contributed by atoms with van der Waals surface area (Å²) in [6.45, 7) is 4.62. The van der Waals surface area contributed by atoms with Crippen molar-refractivity contribution in [3.63, 3.8) is 0 Å². The van der Waals surface area contributed by atoms with Crippen LogP contribution in [0, 0.1) is 9.49 Å². The van der Waals surface area contributed by atoms with Gasteiger partial charge in [-0.25, -0.2) is 0 Å². The Labute approximate surface area is 208 Å². The summed E-state index contributed by atoms with van der Waals surface area (Å²) in [6.07, 6.45) is 1.67. The maximum atomic E-state index is 13.2. The first kappa shape index (κ1) is 25.9. The molecule has 33 heavy (non-hydrogen) atoms. The number of para-hydroxylation sites is 1. The van der Waals surface area contributed by atoms with Crippen molar-refractivity contribution in [2.24, 2.45) is 5.92 Å². The summed E-state index contributed by atoms with van der Waals surface area (Å²) in [5, 5.41) is 23.1. The molecule has 0 spiro atoms. The molecule has 1 heterocycles. The van der Waals surface area contributed by atoms with E-state index in [2.05, 4.69) is 27.9 Å². The zero-order valence-electron chi connectivity index (χ0n) is 19.1. The smallest absolute Gasteiger partial charge is 0.247 e. The Morgan fingerprint density at radius 1 is 1.33 bits per heavy atom. The number of benzene rings is 1. The Morgan fingerprint density at radius 3 is 2.73 bits per heavy atom. The first-order valence-electron chi connectivity index (χ1n) is 11.4. The van der Waals surface area contributed by atoms with E-state index in [4.69, 9.17) is 14.6 Å². The summed E-state index contributed by atoms with van der Waals surface area (Å²) in [6, 6.07) is 6.79. The predicted molar refractivity (Wildman–Crippen MR) is 132 cm³/mol. The highest BCUT2D eigenvalue weighted by atomic mass is 127. The van der Waals surface area contributed by atoms with Gasteiger partial charge in [0.25, 0.3) is 0 Å². The van der Waals surface area contributed by atoms with Gasteiger partial charge >= 0.3 is 0 Å². The van der Waals surface area contributed by atoms with Gasteiger partial charge in [0.15, 0.2) is 0 Å². The zero-order chi connectivity index (χ0) is 24.0. The minimum Gasteiger partial charge on any atom is -0.482 e. The molecule has 0 radical (unpaired) electrons. The van der Waals surface area contributed by atoms with Crippen LogP contribution in [0.5, 0.6) is 5.75 Å². The minimum atomic E-state index is -1.03. The lowest BCUT2D eigenvalue weighted by Gasteiger charge is -2.42. The van der Waals surface area contributed by atoms with Gasteiger partial charge < -0.3 is 29.9 Å². The molecule has 0 saturated carbocycles. The Bertz CT molecular complexity index is 855. The van der Waals surface area contributed by atoms with Gasteiger partial charge in [0.1, 0.15) is 18.0 Å². The number of carbonyl (C=O) groups excluding carboxylic acids is 2. The van der Waals surface area contributed by atoms with Crippen LogP contribution in [0.4, 0.5) is 0 Å². The fourth-order valence-electron chi connectivity index (χ4n) is 4.19. The number of carbonyl (C=O) groups is 2. The SMILES string of the molecule is CC(C)C(=O)N(CC1CCCO1)C1CC(C(=O)NCCO)=CC(Oc2ccccc2I)C1O. The second-order valence-corrected chi connectivity index (χ2v) is 9.89. The molecule has 2 amide bonds. The van der Waals surface area contributed by atoms with E-state index in [1.165, 1.54) is 0 Å². The third-order valence-electron chi connectivity index (χ3n) is 5.92. The topological polar surface area (TPSA) is 108 Å². The number of amides is 2. The van der Waals surface area contributed by atoms with Crippen molar-refractivity contribution in [2.75, 3.05) is 26.3 Å². The molecule has 3 N–H and O–H groups in total. The van der Waals surface area contributed by atoms with Crippen LogP contribution < -0.4 is 10.1 Å². The van der Waals surface area contributed by atoms with Gasteiger partial charge in [-0.2, -0.15) is 0 Å². The lowest BCUT2D eigenvalue weighted by Crippen LogP contribution is -2.57. The number of hydrogen-bond acceptors (Lipinski definition) is 6. The molecule has 1 aliphatic heterocycles. The van der Waals surface area contributed by atoms with Gasteiger partial charge in [-0.1, -0.05) is 26.0 Å². The molecular formula is C24H33IN2O6. The molecule has 1 aromatic carbocycles.